The van der Waals surface area contributed by atoms with E-state index in [0.717, 1.165) is 21.9 Å². The van der Waals surface area contributed by atoms with Gasteiger partial charge in [-0.25, -0.2) is 0 Å². The zero-order chi connectivity index (χ0) is 29.8. The number of nitrogens with zero attached hydrogens (tertiary/aromatic N) is 1. The molecule has 1 aliphatic carbocycles. The van der Waals surface area contributed by atoms with E-state index in [1.54, 1.807) is 0 Å². The van der Waals surface area contributed by atoms with Gasteiger partial charge in [0, 0.05) is 34.5 Å². The van der Waals surface area contributed by atoms with Crippen molar-refractivity contribution in [2.75, 3.05) is 0 Å². The maximum atomic E-state index is 6.93. The Morgan fingerprint density at radius 1 is 0.556 bits per heavy atom. The molecule has 7 aromatic rings. The predicted molar refractivity (Wildman–Crippen MR) is 189 cm³/mol. The lowest BCUT2D eigenvalue weighted by Gasteiger charge is -2.34. The van der Waals surface area contributed by atoms with Crippen LogP contribution in [-0.4, -0.2) is 14.1 Å². The zero-order valence-electron chi connectivity index (χ0n) is 24.7. The third-order valence-corrected chi connectivity index (χ3v) is 14.3. The summed E-state index contributed by atoms with van der Waals surface area (Å²) in [6.07, 6.45) is 8.85. The van der Waals surface area contributed by atoms with Crippen LogP contribution in [0.5, 0.6) is 0 Å². The molecule has 0 bridgehead atoms. The van der Waals surface area contributed by atoms with Gasteiger partial charge >= 0.3 is 0 Å². The van der Waals surface area contributed by atoms with E-state index in [4.69, 9.17) is 4.42 Å². The summed E-state index contributed by atoms with van der Waals surface area (Å²) in [6, 6.07) is 55.5. The molecule has 212 valence electrons. The van der Waals surface area contributed by atoms with Crippen LogP contribution in [0.4, 0.5) is 5.69 Å². The molecule has 6 aromatic carbocycles. The van der Waals surface area contributed by atoms with Gasteiger partial charge in [0.2, 0.25) is 17.1 Å². The fraction of sp³-hybridized carbons (Fsp3) is 0.0238. The molecule has 1 aromatic heterocycles. The highest BCUT2D eigenvalue weighted by Crippen LogP contribution is 2.33. The predicted octanol–water partition coefficient (Wildman–Crippen LogP) is 5.45. The Labute approximate surface area is 262 Å². The molecule has 0 fully saturated rings. The maximum absolute atomic E-state index is 6.93. The first-order chi connectivity index (χ1) is 22.3. The monoisotopic (exact) mass is 592 g/mol. The van der Waals surface area contributed by atoms with E-state index in [-0.39, 0.29) is 6.04 Å². The van der Waals surface area contributed by atoms with Crippen molar-refractivity contribution in [2.45, 2.75) is 6.04 Å². The fourth-order valence-corrected chi connectivity index (χ4v) is 12.5. The van der Waals surface area contributed by atoms with Gasteiger partial charge in [0.15, 0.2) is 8.07 Å². The second kappa shape index (κ2) is 10.3. The van der Waals surface area contributed by atoms with Crippen LogP contribution >= 0.6 is 0 Å². The highest BCUT2D eigenvalue weighted by atomic mass is 28.3. The van der Waals surface area contributed by atoms with Crippen LogP contribution in [0.2, 0.25) is 0 Å². The molecule has 2 aliphatic rings. The lowest BCUT2D eigenvalue weighted by molar-refractivity contribution is 0.670. The summed E-state index contributed by atoms with van der Waals surface area (Å²) in [5.74, 6) is 0. The molecule has 1 atom stereocenters. The molecular formula is C42H30NOSi+. The van der Waals surface area contributed by atoms with E-state index in [1.807, 2.05) is 0 Å². The number of hydrogen-bond donors (Lipinski definition) is 0. The molecule has 0 spiro atoms. The first kappa shape index (κ1) is 25.9. The smallest absolute Gasteiger partial charge is 0.214 e. The van der Waals surface area contributed by atoms with Crippen molar-refractivity contribution in [3.63, 3.8) is 0 Å². The molecule has 2 nitrogen and oxygen atoms in total. The van der Waals surface area contributed by atoms with Gasteiger partial charge in [0.1, 0.15) is 11.2 Å². The Morgan fingerprint density at radius 3 is 1.89 bits per heavy atom. The molecule has 0 saturated carbocycles. The second-order valence-electron chi connectivity index (χ2n) is 11.8. The van der Waals surface area contributed by atoms with E-state index in [2.05, 4.69) is 181 Å². The first-order valence-corrected chi connectivity index (χ1v) is 17.6. The van der Waals surface area contributed by atoms with Crippen molar-refractivity contribution in [3.05, 3.63) is 187 Å². The van der Waals surface area contributed by atoms with Crippen LogP contribution in [0.1, 0.15) is 0 Å². The minimum atomic E-state index is -2.76. The van der Waals surface area contributed by atoms with Gasteiger partial charge < -0.3 is 4.42 Å². The molecule has 0 radical (unpaired) electrons. The van der Waals surface area contributed by atoms with Gasteiger partial charge in [-0.2, -0.15) is 4.58 Å². The van der Waals surface area contributed by atoms with Gasteiger partial charge in [-0.3, -0.25) is 0 Å². The Hall–Kier alpha value is -5.51. The average Bonchev–Trinajstić information content (AvgIpc) is 3.66. The summed E-state index contributed by atoms with van der Waals surface area (Å²) < 4.78 is 9.40. The van der Waals surface area contributed by atoms with E-state index in [9.17, 15) is 0 Å². The standard InChI is InChI=1S/C42H30NOSi/c1-4-15-31(16-5-1)45(32-17-6-2-7-18-32,33-19-8-3-9-20-33)41-26-14-23-36-37-29-30(27-28-40(37)44-42(36)41)43-38-24-12-10-21-34(38)35-22-11-13-25-39(35)43/h1-29,38H/q+1. The second-order valence-corrected chi connectivity index (χ2v) is 15.6. The van der Waals surface area contributed by atoms with Gasteiger partial charge in [0.25, 0.3) is 0 Å². The Kier molecular flexibility index (Phi) is 5.93. The summed E-state index contributed by atoms with van der Waals surface area (Å²) in [4.78, 5) is 0. The molecule has 0 amide bonds. The Balaban J connectivity index is 1.34. The van der Waals surface area contributed by atoms with Crippen molar-refractivity contribution >= 4 is 62.0 Å². The van der Waals surface area contributed by atoms with Crippen molar-refractivity contribution < 1.29 is 4.42 Å². The third kappa shape index (κ3) is 3.84. The van der Waals surface area contributed by atoms with Gasteiger partial charge in [-0.1, -0.05) is 140 Å². The molecule has 1 aliphatic heterocycles. The van der Waals surface area contributed by atoms with Crippen molar-refractivity contribution in [1.29, 1.82) is 0 Å². The lowest BCUT2D eigenvalue weighted by Crippen LogP contribution is -2.74. The summed E-state index contributed by atoms with van der Waals surface area (Å²) in [5, 5.41) is 10.1. The molecule has 45 heavy (non-hydrogen) atoms. The quantitative estimate of drug-likeness (QED) is 0.148. The number of furan rings is 1. The summed E-state index contributed by atoms with van der Waals surface area (Å²) >= 11 is 0. The maximum Gasteiger partial charge on any atom is 0.214 e. The van der Waals surface area contributed by atoms with Gasteiger partial charge in [0.05, 0.1) is 5.22 Å². The fourth-order valence-electron chi connectivity index (χ4n) is 7.65. The average molecular weight is 593 g/mol. The number of rotatable bonds is 5. The van der Waals surface area contributed by atoms with Crippen LogP contribution in [0.15, 0.2) is 180 Å². The van der Waals surface area contributed by atoms with Crippen molar-refractivity contribution in [1.82, 2.24) is 4.58 Å². The minimum Gasteiger partial charge on any atom is -0.456 e. The molecule has 0 N–H and O–H groups in total. The summed E-state index contributed by atoms with van der Waals surface area (Å²) in [7, 11) is -2.76. The number of benzene rings is 6. The van der Waals surface area contributed by atoms with Gasteiger partial charge in [-0.15, -0.1) is 0 Å². The van der Waals surface area contributed by atoms with E-state index in [0.29, 0.717) is 0 Å². The number of hydrogen-bond acceptors (Lipinski definition) is 1. The number of para-hydroxylation sites is 2. The Morgan fingerprint density at radius 2 is 1.20 bits per heavy atom. The highest BCUT2D eigenvalue weighted by Gasteiger charge is 2.43. The van der Waals surface area contributed by atoms with E-state index >= 15 is 0 Å². The molecule has 2 heterocycles. The Bertz CT molecular complexity index is 2330. The largest absolute Gasteiger partial charge is 0.456 e. The number of allylic oxidation sites excluding steroid dienone is 2. The molecule has 1 unspecified atom stereocenters. The van der Waals surface area contributed by atoms with Crippen LogP contribution in [0, 0.1) is 0 Å². The van der Waals surface area contributed by atoms with Gasteiger partial charge in [-0.05, 0) is 39.0 Å². The van der Waals surface area contributed by atoms with E-state index in [1.165, 1.54) is 42.6 Å². The van der Waals surface area contributed by atoms with Crippen LogP contribution < -0.4 is 35.9 Å². The molecule has 0 saturated heterocycles. The topological polar surface area (TPSA) is 16.1 Å². The van der Waals surface area contributed by atoms with Crippen molar-refractivity contribution in [3.8, 4) is 0 Å². The van der Waals surface area contributed by atoms with Crippen LogP contribution in [0.25, 0.3) is 27.5 Å². The zero-order valence-corrected chi connectivity index (χ0v) is 25.7. The van der Waals surface area contributed by atoms with Crippen LogP contribution in [0.3, 0.4) is 0 Å². The third-order valence-electron chi connectivity index (χ3n) is 9.53. The SMILES string of the molecule is C1=CC2=c3ccccc3=[N+](c3ccc4oc5c([Si](c6ccccc6)(c6ccccc6)c6ccccc6)cccc5c4c3)C2C=C1. The van der Waals surface area contributed by atoms with E-state index < -0.39 is 8.07 Å². The summed E-state index contributed by atoms with van der Waals surface area (Å²) in [5.41, 5.74) is 4.40. The normalized spacial score (nSPS) is 15.5. The minimum absolute atomic E-state index is 0.174. The first-order valence-electron chi connectivity index (χ1n) is 15.6. The molecule has 3 heteroatoms. The lowest BCUT2D eigenvalue weighted by atomic mass is 10.0. The molecular weight excluding hydrogens is 563 g/mol. The van der Waals surface area contributed by atoms with Crippen LogP contribution in [-0.2, 0) is 0 Å². The number of fused-ring (bicyclic) bond motifs is 5. The van der Waals surface area contributed by atoms with Crippen molar-refractivity contribution in [2.24, 2.45) is 0 Å². The molecule has 9 rings (SSSR count). The highest BCUT2D eigenvalue weighted by molar-refractivity contribution is 7.20. The summed E-state index contributed by atoms with van der Waals surface area (Å²) in [6.45, 7) is 0.